The van der Waals surface area contributed by atoms with Gasteiger partial charge in [-0.2, -0.15) is 0 Å². The normalized spacial score (nSPS) is 12.7. The third kappa shape index (κ3) is 5.34. The third-order valence-electron chi connectivity index (χ3n) is 2.92. The number of nitrogens with zero attached hydrogens (tertiary/aromatic N) is 2. The van der Waals surface area contributed by atoms with Gasteiger partial charge in [0, 0.05) is 18.5 Å². The van der Waals surface area contributed by atoms with Crippen molar-refractivity contribution in [2.75, 3.05) is 11.1 Å². The molecular weight excluding hydrogens is 224 g/mol. The van der Waals surface area contributed by atoms with Crippen molar-refractivity contribution in [3.05, 3.63) is 11.9 Å². The maximum absolute atomic E-state index is 5.76. The number of aryl methyl sites for hydroxylation is 1. The molecule has 0 fully saturated rings. The molecule has 4 nitrogen and oxygen atoms in total. The Kier molecular flexibility index (Phi) is 5.89. The van der Waals surface area contributed by atoms with Crippen LogP contribution in [0.3, 0.4) is 0 Å². The largest absolute Gasteiger partial charge is 0.384 e. The van der Waals surface area contributed by atoms with Crippen molar-refractivity contribution < 1.29 is 0 Å². The predicted octanol–water partition coefficient (Wildman–Crippen LogP) is 3.25. The van der Waals surface area contributed by atoms with E-state index in [1.807, 2.05) is 6.92 Å². The van der Waals surface area contributed by atoms with Crippen molar-refractivity contribution in [2.24, 2.45) is 5.92 Å². The van der Waals surface area contributed by atoms with E-state index < -0.39 is 0 Å². The summed E-state index contributed by atoms with van der Waals surface area (Å²) in [5.41, 5.74) is 5.76. The van der Waals surface area contributed by atoms with Crippen LogP contribution in [0.2, 0.25) is 0 Å². The number of aromatic nitrogens is 2. The highest BCUT2D eigenvalue weighted by Gasteiger charge is 2.06. The molecule has 0 aromatic carbocycles. The van der Waals surface area contributed by atoms with E-state index in [1.54, 1.807) is 6.07 Å². The lowest BCUT2D eigenvalue weighted by Gasteiger charge is -2.15. The van der Waals surface area contributed by atoms with Crippen LogP contribution >= 0.6 is 0 Å². The molecule has 0 spiro atoms. The molecule has 1 aromatic heterocycles. The standard InChI is InChI=1S/C14H26N4/c1-5-13-17-12(15)9-14(18-13)16-11(4)8-6-7-10(2)3/h9-11H,5-8H2,1-4H3,(H3,15,16,17,18). The molecule has 0 saturated carbocycles. The van der Waals surface area contributed by atoms with E-state index in [2.05, 4.69) is 36.1 Å². The Labute approximate surface area is 110 Å². The summed E-state index contributed by atoms with van der Waals surface area (Å²) in [6.07, 6.45) is 4.48. The van der Waals surface area contributed by atoms with Crippen LogP contribution in [-0.4, -0.2) is 16.0 Å². The SMILES string of the molecule is CCc1nc(N)cc(NC(C)CCCC(C)C)n1. The van der Waals surface area contributed by atoms with Crippen LogP contribution in [0, 0.1) is 5.92 Å². The van der Waals surface area contributed by atoms with Crippen LogP contribution in [0.1, 0.15) is 52.8 Å². The fourth-order valence-electron chi connectivity index (χ4n) is 1.91. The lowest BCUT2D eigenvalue weighted by Crippen LogP contribution is -2.17. The van der Waals surface area contributed by atoms with Crippen molar-refractivity contribution in [1.82, 2.24) is 9.97 Å². The van der Waals surface area contributed by atoms with Gasteiger partial charge >= 0.3 is 0 Å². The fraction of sp³-hybridized carbons (Fsp3) is 0.714. The number of hydrogen-bond donors (Lipinski definition) is 2. The average Bonchev–Trinajstić information content (AvgIpc) is 2.27. The van der Waals surface area contributed by atoms with Gasteiger partial charge in [-0.15, -0.1) is 0 Å². The Hall–Kier alpha value is -1.32. The predicted molar refractivity (Wildman–Crippen MR) is 77.6 cm³/mol. The smallest absolute Gasteiger partial charge is 0.132 e. The van der Waals surface area contributed by atoms with E-state index in [9.17, 15) is 0 Å². The van der Waals surface area contributed by atoms with Crippen LogP contribution in [-0.2, 0) is 6.42 Å². The van der Waals surface area contributed by atoms with Gasteiger partial charge in [0.05, 0.1) is 0 Å². The van der Waals surface area contributed by atoms with Gasteiger partial charge in [0.1, 0.15) is 17.5 Å². The Morgan fingerprint density at radius 3 is 2.56 bits per heavy atom. The number of rotatable bonds is 7. The quantitative estimate of drug-likeness (QED) is 0.779. The first kappa shape index (κ1) is 14.7. The van der Waals surface area contributed by atoms with Gasteiger partial charge in [0.2, 0.25) is 0 Å². The zero-order chi connectivity index (χ0) is 13.5. The Balaban J connectivity index is 2.48. The summed E-state index contributed by atoms with van der Waals surface area (Å²) in [6.45, 7) is 8.74. The highest BCUT2D eigenvalue weighted by Crippen LogP contribution is 2.14. The zero-order valence-electron chi connectivity index (χ0n) is 12.0. The summed E-state index contributed by atoms with van der Waals surface area (Å²) in [5.74, 6) is 2.96. The minimum absolute atomic E-state index is 0.419. The molecule has 1 unspecified atom stereocenters. The van der Waals surface area contributed by atoms with Crippen LogP contribution in [0.5, 0.6) is 0 Å². The molecule has 0 aliphatic carbocycles. The van der Waals surface area contributed by atoms with E-state index in [4.69, 9.17) is 5.73 Å². The van der Waals surface area contributed by atoms with Crippen LogP contribution in [0.15, 0.2) is 6.07 Å². The molecule has 1 rings (SSSR count). The highest BCUT2D eigenvalue weighted by molar-refractivity contribution is 5.45. The van der Waals surface area contributed by atoms with E-state index in [-0.39, 0.29) is 0 Å². The molecule has 0 aliphatic rings. The summed E-state index contributed by atoms with van der Waals surface area (Å²) in [4.78, 5) is 8.60. The molecule has 1 atom stereocenters. The van der Waals surface area contributed by atoms with E-state index >= 15 is 0 Å². The van der Waals surface area contributed by atoms with Gasteiger partial charge in [0.25, 0.3) is 0 Å². The Morgan fingerprint density at radius 2 is 1.94 bits per heavy atom. The Morgan fingerprint density at radius 1 is 1.22 bits per heavy atom. The van der Waals surface area contributed by atoms with Crippen molar-refractivity contribution in [2.45, 2.75) is 59.4 Å². The van der Waals surface area contributed by atoms with Gasteiger partial charge in [-0.1, -0.05) is 33.6 Å². The zero-order valence-corrected chi connectivity index (χ0v) is 12.0. The van der Waals surface area contributed by atoms with Crippen molar-refractivity contribution >= 4 is 11.6 Å². The Bertz CT molecular complexity index is 363. The summed E-state index contributed by atoms with van der Waals surface area (Å²) < 4.78 is 0. The van der Waals surface area contributed by atoms with Gasteiger partial charge in [-0.05, 0) is 19.3 Å². The molecule has 18 heavy (non-hydrogen) atoms. The van der Waals surface area contributed by atoms with Crippen molar-refractivity contribution in [3.63, 3.8) is 0 Å². The summed E-state index contributed by atoms with van der Waals surface area (Å²) in [7, 11) is 0. The lowest BCUT2D eigenvalue weighted by atomic mass is 10.0. The van der Waals surface area contributed by atoms with Crippen LogP contribution < -0.4 is 11.1 Å². The lowest BCUT2D eigenvalue weighted by molar-refractivity contribution is 0.520. The minimum Gasteiger partial charge on any atom is -0.384 e. The molecule has 0 bridgehead atoms. The van der Waals surface area contributed by atoms with Gasteiger partial charge in [-0.3, -0.25) is 0 Å². The molecule has 0 amide bonds. The average molecular weight is 250 g/mol. The molecule has 3 N–H and O–H groups in total. The van der Waals surface area contributed by atoms with Gasteiger partial charge < -0.3 is 11.1 Å². The minimum atomic E-state index is 0.419. The number of nitrogen functional groups attached to an aromatic ring is 1. The van der Waals surface area contributed by atoms with E-state index in [0.29, 0.717) is 11.9 Å². The van der Waals surface area contributed by atoms with E-state index in [0.717, 1.165) is 30.4 Å². The number of anilines is 2. The second-order valence-corrected chi connectivity index (χ2v) is 5.32. The summed E-state index contributed by atoms with van der Waals surface area (Å²) >= 11 is 0. The molecular formula is C14H26N4. The van der Waals surface area contributed by atoms with Crippen molar-refractivity contribution in [3.8, 4) is 0 Å². The van der Waals surface area contributed by atoms with Gasteiger partial charge in [0.15, 0.2) is 0 Å². The molecule has 0 saturated heterocycles. The molecule has 0 aliphatic heterocycles. The number of hydrogen-bond acceptors (Lipinski definition) is 4. The van der Waals surface area contributed by atoms with Gasteiger partial charge in [-0.25, -0.2) is 9.97 Å². The first-order chi connectivity index (χ1) is 8.51. The molecule has 4 heteroatoms. The van der Waals surface area contributed by atoms with Crippen LogP contribution in [0.4, 0.5) is 11.6 Å². The molecule has 1 aromatic rings. The topological polar surface area (TPSA) is 63.8 Å². The van der Waals surface area contributed by atoms with Crippen LogP contribution in [0.25, 0.3) is 0 Å². The first-order valence-corrected chi connectivity index (χ1v) is 6.91. The first-order valence-electron chi connectivity index (χ1n) is 6.91. The molecule has 1 heterocycles. The van der Waals surface area contributed by atoms with E-state index in [1.165, 1.54) is 12.8 Å². The maximum Gasteiger partial charge on any atom is 0.132 e. The summed E-state index contributed by atoms with van der Waals surface area (Å²) in [5, 5.41) is 3.40. The monoisotopic (exact) mass is 250 g/mol. The number of nitrogens with two attached hydrogens (primary N) is 1. The maximum atomic E-state index is 5.76. The second kappa shape index (κ2) is 7.19. The second-order valence-electron chi connectivity index (χ2n) is 5.32. The molecule has 102 valence electrons. The highest BCUT2D eigenvalue weighted by atomic mass is 15.1. The summed E-state index contributed by atoms with van der Waals surface area (Å²) in [6, 6.07) is 2.22. The van der Waals surface area contributed by atoms with Crippen molar-refractivity contribution in [1.29, 1.82) is 0 Å². The fourth-order valence-corrected chi connectivity index (χ4v) is 1.91. The third-order valence-corrected chi connectivity index (χ3v) is 2.92. The number of nitrogens with one attached hydrogen (secondary N) is 1. The molecule has 0 radical (unpaired) electrons.